The maximum absolute atomic E-state index is 4.51. The molecule has 0 amide bonds. The zero-order valence-electron chi connectivity index (χ0n) is 11.5. The number of nitrogens with zero attached hydrogens (tertiary/aromatic N) is 4. The first-order valence-electron chi connectivity index (χ1n) is 7.72. The van der Waals surface area contributed by atoms with E-state index >= 15 is 0 Å². The average Bonchev–Trinajstić information content (AvgIpc) is 3.15. The first-order chi connectivity index (χ1) is 9.40. The van der Waals surface area contributed by atoms with Gasteiger partial charge in [0.1, 0.15) is 18.0 Å². The average molecular weight is 258 g/mol. The minimum absolute atomic E-state index is 0.921. The van der Waals surface area contributed by atoms with Crippen molar-refractivity contribution in [2.24, 2.45) is 11.8 Å². The summed E-state index contributed by atoms with van der Waals surface area (Å²) >= 11 is 0. The fraction of sp³-hybridized carbons (Fsp3) is 0.733. The van der Waals surface area contributed by atoms with Gasteiger partial charge in [-0.2, -0.15) is 0 Å². The Morgan fingerprint density at radius 2 is 1.47 bits per heavy atom. The van der Waals surface area contributed by atoms with Crippen LogP contribution >= 0.6 is 0 Å². The van der Waals surface area contributed by atoms with Crippen molar-refractivity contribution in [2.75, 3.05) is 36.0 Å². The van der Waals surface area contributed by atoms with Crippen LogP contribution in [0.5, 0.6) is 0 Å². The number of hydrogen-bond acceptors (Lipinski definition) is 4. The molecule has 4 nitrogen and oxygen atoms in total. The Morgan fingerprint density at radius 3 is 2.16 bits per heavy atom. The molecule has 0 radical (unpaired) electrons. The molecule has 1 saturated carbocycles. The van der Waals surface area contributed by atoms with Crippen molar-refractivity contribution in [3.05, 3.63) is 12.4 Å². The lowest BCUT2D eigenvalue weighted by atomic mass is 10.0. The summed E-state index contributed by atoms with van der Waals surface area (Å²) in [4.78, 5) is 13.8. The highest BCUT2D eigenvalue weighted by atomic mass is 15.2. The molecule has 19 heavy (non-hydrogen) atoms. The maximum atomic E-state index is 4.51. The summed E-state index contributed by atoms with van der Waals surface area (Å²) in [5.74, 6) is 4.11. The van der Waals surface area contributed by atoms with Gasteiger partial charge >= 0.3 is 0 Å². The van der Waals surface area contributed by atoms with Gasteiger partial charge in [0, 0.05) is 32.2 Å². The molecule has 4 rings (SSSR count). The lowest BCUT2D eigenvalue weighted by Crippen LogP contribution is -2.24. The van der Waals surface area contributed by atoms with Gasteiger partial charge in [-0.25, -0.2) is 9.97 Å². The second-order valence-corrected chi connectivity index (χ2v) is 6.28. The second kappa shape index (κ2) is 4.66. The quantitative estimate of drug-likeness (QED) is 0.815. The largest absolute Gasteiger partial charge is 0.356 e. The molecule has 1 aliphatic carbocycles. The monoisotopic (exact) mass is 258 g/mol. The van der Waals surface area contributed by atoms with E-state index in [2.05, 4.69) is 25.8 Å². The maximum Gasteiger partial charge on any atom is 0.134 e. The van der Waals surface area contributed by atoms with E-state index in [0.29, 0.717) is 0 Å². The topological polar surface area (TPSA) is 32.3 Å². The van der Waals surface area contributed by atoms with Crippen LogP contribution in [0.25, 0.3) is 0 Å². The van der Waals surface area contributed by atoms with Crippen LogP contribution in [-0.2, 0) is 0 Å². The molecule has 1 aromatic heterocycles. The third-order valence-electron chi connectivity index (χ3n) is 5.12. The molecule has 0 aromatic carbocycles. The standard InChI is InChI=1S/C15H22N4/c1-2-7-18(6-1)14-8-15(17-11-16-14)19-9-12-4-3-5-13(12)10-19/h8,11-13H,1-7,9-10H2. The molecule has 2 saturated heterocycles. The van der Waals surface area contributed by atoms with Crippen molar-refractivity contribution in [2.45, 2.75) is 32.1 Å². The zero-order valence-corrected chi connectivity index (χ0v) is 11.5. The molecule has 0 spiro atoms. The Hall–Kier alpha value is -1.32. The van der Waals surface area contributed by atoms with Gasteiger partial charge in [0.2, 0.25) is 0 Å². The Labute approximate surface area is 114 Å². The van der Waals surface area contributed by atoms with Crippen LogP contribution in [0.1, 0.15) is 32.1 Å². The van der Waals surface area contributed by atoms with E-state index in [1.807, 2.05) is 0 Å². The molecule has 1 aromatic rings. The molecule has 0 bridgehead atoms. The van der Waals surface area contributed by atoms with Crippen LogP contribution in [-0.4, -0.2) is 36.1 Å². The van der Waals surface area contributed by atoms with Gasteiger partial charge in [-0.3, -0.25) is 0 Å². The van der Waals surface area contributed by atoms with Crippen molar-refractivity contribution in [1.82, 2.24) is 9.97 Å². The van der Waals surface area contributed by atoms with Crippen LogP contribution in [0.4, 0.5) is 11.6 Å². The molecule has 3 heterocycles. The molecule has 2 aliphatic heterocycles. The molecule has 2 unspecified atom stereocenters. The van der Waals surface area contributed by atoms with Crippen molar-refractivity contribution >= 4 is 11.6 Å². The molecular weight excluding hydrogens is 236 g/mol. The van der Waals surface area contributed by atoms with Crippen LogP contribution < -0.4 is 9.80 Å². The fourth-order valence-corrected chi connectivity index (χ4v) is 4.05. The van der Waals surface area contributed by atoms with Crippen LogP contribution in [0.2, 0.25) is 0 Å². The number of fused-ring (bicyclic) bond motifs is 1. The predicted molar refractivity (Wildman–Crippen MR) is 76.5 cm³/mol. The van der Waals surface area contributed by atoms with Gasteiger partial charge in [-0.1, -0.05) is 6.42 Å². The van der Waals surface area contributed by atoms with E-state index in [-0.39, 0.29) is 0 Å². The van der Waals surface area contributed by atoms with E-state index < -0.39 is 0 Å². The van der Waals surface area contributed by atoms with Gasteiger partial charge in [0.25, 0.3) is 0 Å². The lowest BCUT2D eigenvalue weighted by Gasteiger charge is -2.21. The number of aromatic nitrogens is 2. The normalized spacial score (nSPS) is 30.1. The van der Waals surface area contributed by atoms with Crippen molar-refractivity contribution < 1.29 is 0 Å². The summed E-state index contributed by atoms with van der Waals surface area (Å²) in [6.45, 7) is 4.73. The number of rotatable bonds is 2. The first-order valence-corrected chi connectivity index (χ1v) is 7.72. The summed E-state index contributed by atoms with van der Waals surface area (Å²) in [6.07, 6.45) is 8.62. The molecular formula is C15H22N4. The highest BCUT2D eigenvalue weighted by Gasteiger charge is 2.36. The molecule has 102 valence electrons. The Bertz CT molecular complexity index is 443. The summed E-state index contributed by atoms with van der Waals surface area (Å²) < 4.78 is 0. The lowest BCUT2D eigenvalue weighted by molar-refractivity contribution is 0.494. The van der Waals surface area contributed by atoms with Gasteiger partial charge in [0.15, 0.2) is 0 Å². The van der Waals surface area contributed by atoms with Gasteiger partial charge in [-0.15, -0.1) is 0 Å². The summed E-state index contributed by atoms with van der Waals surface area (Å²) in [5, 5.41) is 0. The Morgan fingerprint density at radius 1 is 0.842 bits per heavy atom. The minimum atomic E-state index is 0.921. The minimum Gasteiger partial charge on any atom is -0.356 e. The fourth-order valence-electron chi connectivity index (χ4n) is 4.05. The SMILES string of the molecule is c1nc(N2CCCC2)cc(N2CC3CCCC3C2)n1. The molecule has 4 heteroatoms. The number of anilines is 2. The Kier molecular flexibility index (Phi) is 2.82. The first kappa shape index (κ1) is 11.5. The van der Waals surface area contributed by atoms with Gasteiger partial charge < -0.3 is 9.80 Å². The van der Waals surface area contributed by atoms with Crippen LogP contribution in [0.15, 0.2) is 12.4 Å². The highest BCUT2D eigenvalue weighted by Crippen LogP contribution is 2.39. The second-order valence-electron chi connectivity index (χ2n) is 6.28. The van der Waals surface area contributed by atoms with Gasteiger partial charge in [0.05, 0.1) is 0 Å². The molecule has 3 fully saturated rings. The van der Waals surface area contributed by atoms with E-state index in [1.54, 1.807) is 6.33 Å². The van der Waals surface area contributed by atoms with E-state index in [0.717, 1.165) is 36.6 Å². The van der Waals surface area contributed by atoms with E-state index in [9.17, 15) is 0 Å². The third-order valence-corrected chi connectivity index (χ3v) is 5.12. The highest BCUT2D eigenvalue weighted by molar-refractivity contribution is 5.51. The van der Waals surface area contributed by atoms with Gasteiger partial charge in [-0.05, 0) is 37.5 Å². The van der Waals surface area contributed by atoms with E-state index in [1.165, 1.54) is 45.2 Å². The zero-order chi connectivity index (χ0) is 12.7. The summed E-state index contributed by atoms with van der Waals surface area (Å²) in [5.41, 5.74) is 0. The smallest absolute Gasteiger partial charge is 0.134 e. The summed E-state index contributed by atoms with van der Waals surface area (Å²) in [7, 11) is 0. The van der Waals surface area contributed by atoms with Crippen LogP contribution in [0, 0.1) is 11.8 Å². The molecule has 2 atom stereocenters. The third kappa shape index (κ3) is 2.07. The Balaban J connectivity index is 1.53. The molecule has 0 N–H and O–H groups in total. The van der Waals surface area contributed by atoms with E-state index in [4.69, 9.17) is 0 Å². The van der Waals surface area contributed by atoms with Crippen LogP contribution in [0.3, 0.4) is 0 Å². The van der Waals surface area contributed by atoms with Crippen molar-refractivity contribution in [3.63, 3.8) is 0 Å². The summed E-state index contributed by atoms with van der Waals surface area (Å²) in [6, 6.07) is 2.20. The van der Waals surface area contributed by atoms with Crippen molar-refractivity contribution in [1.29, 1.82) is 0 Å². The predicted octanol–water partition coefficient (Wildman–Crippen LogP) is 2.31. The molecule has 3 aliphatic rings. The van der Waals surface area contributed by atoms with Crippen molar-refractivity contribution in [3.8, 4) is 0 Å². The number of hydrogen-bond donors (Lipinski definition) is 0.